The molecule has 0 aliphatic rings. The molecule has 1 unspecified atom stereocenters. The Morgan fingerprint density at radius 2 is 2.25 bits per heavy atom. The lowest BCUT2D eigenvalue weighted by Gasteiger charge is -2.12. The Morgan fingerprint density at radius 3 is 2.88 bits per heavy atom. The Morgan fingerprint density at radius 1 is 1.50 bits per heavy atom. The molecule has 0 aliphatic heterocycles. The molecule has 1 aromatic carbocycles. The van der Waals surface area contributed by atoms with Gasteiger partial charge in [0.1, 0.15) is 5.82 Å². The smallest absolute Gasteiger partial charge is 0.123 e. The van der Waals surface area contributed by atoms with Crippen molar-refractivity contribution >= 4 is 0 Å². The SMILES string of the molecule is CCCC(C)OCc1cc(F)ccc1C#N. The summed E-state index contributed by atoms with van der Waals surface area (Å²) < 4.78 is 18.5. The fourth-order valence-corrected chi connectivity index (χ4v) is 1.51. The van der Waals surface area contributed by atoms with E-state index in [1.54, 1.807) is 0 Å². The number of hydrogen-bond acceptors (Lipinski definition) is 2. The topological polar surface area (TPSA) is 33.0 Å². The molecule has 0 bridgehead atoms. The maximum Gasteiger partial charge on any atom is 0.123 e. The third-order valence-corrected chi connectivity index (χ3v) is 2.41. The molecule has 2 nitrogen and oxygen atoms in total. The largest absolute Gasteiger partial charge is 0.374 e. The van der Waals surface area contributed by atoms with Crippen LogP contribution >= 0.6 is 0 Å². The van der Waals surface area contributed by atoms with E-state index in [1.807, 2.05) is 13.0 Å². The minimum absolute atomic E-state index is 0.139. The average Bonchev–Trinajstić information content (AvgIpc) is 2.27. The van der Waals surface area contributed by atoms with Crippen molar-refractivity contribution in [3.8, 4) is 6.07 Å². The highest BCUT2D eigenvalue weighted by atomic mass is 19.1. The van der Waals surface area contributed by atoms with Gasteiger partial charge < -0.3 is 4.74 Å². The third-order valence-electron chi connectivity index (χ3n) is 2.41. The molecule has 1 atom stereocenters. The average molecular weight is 221 g/mol. The molecule has 0 heterocycles. The number of benzene rings is 1. The zero-order chi connectivity index (χ0) is 12.0. The van der Waals surface area contributed by atoms with E-state index in [4.69, 9.17) is 10.00 Å². The molecule has 86 valence electrons. The summed E-state index contributed by atoms with van der Waals surface area (Å²) in [4.78, 5) is 0. The standard InChI is InChI=1S/C13H16FNO/c1-3-4-10(2)16-9-12-7-13(14)6-5-11(12)8-15/h5-7,10H,3-4,9H2,1-2H3. The molecule has 0 saturated carbocycles. The molecule has 0 spiro atoms. The zero-order valence-electron chi connectivity index (χ0n) is 9.66. The van der Waals surface area contributed by atoms with Gasteiger partial charge in [-0.25, -0.2) is 4.39 Å². The number of nitrogens with zero attached hydrogens (tertiary/aromatic N) is 1. The van der Waals surface area contributed by atoms with Crippen LogP contribution in [0.1, 0.15) is 37.8 Å². The summed E-state index contributed by atoms with van der Waals surface area (Å²) in [6, 6.07) is 6.16. The van der Waals surface area contributed by atoms with Gasteiger partial charge in [-0.2, -0.15) is 5.26 Å². The number of ether oxygens (including phenoxy) is 1. The maximum absolute atomic E-state index is 13.0. The quantitative estimate of drug-likeness (QED) is 0.763. The van der Waals surface area contributed by atoms with E-state index in [1.165, 1.54) is 18.2 Å². The second-order valence-electron chi connectivity index (χ2n) is 3.82. The highest BCUT2D eigenvalue weighted by molar-refractivity contribution is 5.37. The van der Waals surface area contributed by atoms with Crippen molar-refractivity contribution in [2.75, 3.05) is 0 Å². The molecule has 0 N–H and O–H groups in total. The Hall–Kier alpha value is -1.40. The van der Waals surface area contributed by atoms with Crippen LogP contribution in [0.3, 0.4) is 0 Å². The van der Waals surface area contributed by atoms with Crippen molar-refractivity contribution in [1.82, 2.24) is 0 Å². The number of halogens is 1. The van der Waals surface area contributed by atoms with Crippen LogP contribution in [0, 0.1) is 17.1 Å². The summed E-state index contributed by atoms with van der Waals surface area (Å²) >= 11 is 0. The van der Waals surface area contributed by atoms with Gasteiger partial charge in [-0.1, -0.05) is 13.3 Å². The minimum Gasteiger partial charge on any atom is -0.374 e. The Labute approximate surface area is 95.7 Å². The fourth-order valence-electron chi connectivity index (χ4n) is 1.51. The molecule has 3 heteroatoms. The number of nitriles is 1. The van der Waals surface area contributed by atoms with Crippen molar-refractivity contribution in [2.24, 2.45) is 0 Å². The van der Waals surface area contributed by atoms with Crippen LogP contribution in [0.4, 0.5) is 4.39 Å². The lowest BCUT2D eigenvalue weighted by atomic mass is 10.1. The highest BCUT2D eigenvalue weighted by Crippen LogP contribution is 2.13. The van der Waals surface area contributed by atoms with Gasteiger partial charge in [0.2, 0.25) is 0 Å². The molecule has 0 amide bonds. The van der Waals surface area contributed by atoms with E-state index < -0.39 is 0 Å². The summed E-state index contributed by atoms with van der Waals surface area (Å²) in [5, 5.41) is 8.85. The van der Waals surface area contributed by atoms with E-state index in [0.29, 0.717) is 17.7 Å². The van der Waals surface area contributed by atoms with Crippen LogP contribution in [0.15, 0.2) is 18.2 Å². The fraction of sp³-hybridized carbons (Fsp3) is 0.462. The lowest BCUT2D eigenvalue weighted by Crippen LogP contribution is -2.08. The summed E-state index contributed by atoms with van der Waals surface area (Å²) in [5.74, 6) is -0.333. The van der Waals surface area contributed by atoms with Gasteiger partial charge in [0, 0.05) is 0 Å². The molecule has 16 heavy (non-hydrogen) atoms. The van der Waals surface area contributed by atoms with Crippen molar-refractivity contribution < 1.29 is 9.13 Å². The normalized spacial score (nSPS) is 12.1. The third kappa shape index (κ3) is 3.63. The zero-order valence-corrected chi connectivity index (χ0v) is 9.66. The molecule has 0 radical (unpaired) electrons. The second-order valence-corrected chi connectivity index (χ2v) is 3.82. The van der Waals surface area contributed by atoms with Crippen LogP contribution in [0.2, 0.25) is 0 Å². The van der Waals surface area contributed by atoms with Crippen molar-refractivity contribution in [3.05, 3.63) is 35.1 Å². The molecule has 0 saturated heterocycles. The van der Waals surface area contributed by atoms with Crippen LogP contribution in [0.25, 0.3) is 0 Å². The summed E-state index contributed by atoms with van der Waals surface area (Å²) in [6.07, 6.45) is 2.16. The summed E-state index contributed by atoms with van der Waals surface area (Å²) in [5.41, 5.74) is 1.09. The predicted octanol–water partition coefficient (Wildman–Crippen LogP) is 3.40. The predicted molar refractivity (Wildman–Crippen MR) is 60.3 cm³/mol. The molecule has 0 aromatic heterocycles. The van der Waals surface area contributed by atoms with Gasteiger partial charge in [0.05, 0.1) is 24.3 Å². The lowest BCUT2D eigenvalue weighted by molar-refractivity contribution is 0.0469. The van der Waals surface area contributed by atoms with Gasteiger partial charge in [0.15, 0.2) is 0 Å². The van der Waals surface area contributed by atoms with Gasteiger partial charge in [-0.3, -0.25) is 0 Å². The minimum atomic E-state index is -0.333. The Bertz CT molecular complexity index is 384. The van der Waals surface area contributed by atoms with Crippen molar-refractivity contribution in [3.63, 3.8) is 0 Å². The first-order chi connectivity index (χ1) is 7.67. The van der Waals surface area contributed by atoms with Gasteiger partial charge >= 0.3 is 0 Å². The second kappa shape index (κ2) is 6.24. The molecule has 0 aliphatic carbocycles. The van der Waals surface area contributed by atoms with E-state index in [-0.39, 0.29) is 11.9 Å². The molecule has 0 fully saturated rings. The first-order valence-corrected chi connectivity index (χ1v) is 5.47. The molecular weight excluding hydrogens is 205 g/mol. The summed E-state index contributed by atoms with van der Waals surface area (Å²) in [7, 11) is 0. The number of hydrogen-bond donors (Lipinski definition) is 0. The van der Waals surface area contributed by atoms with Gasteiger partial charge in [-0.05, 0) is 37.1 Å². The van der Waals surface area contributed by atoms with Crippen molar-refractivity contribution in [2.45, 2.75) is 39.4 Å². The van der Waals surface area contributed by atoms with Crippen LogP contribution in [0.5, 0.6) is 0 Å². The van der Waals surface area contributed by atoms with Crippen molar-refractivity contribution in [1.29, 1.82) is 5.26 Å². The van der Waals surface area contributed by atoms with E-state index in [9.17, 15) is 4.39 Å². The molecule has 1 rings (SSSR count). The first kappa shape index (κ1) is 12.7. The molecular formula is C13H16FNO. The first-order valence-electron chi connectivity index (χ1n) is 5.47. The number of rotatable bonds is 5. The maximum atomic E-state index is 13.0. The van der Waals surface area contributed by atoms with Crippen LogP contribution in [-0.4, -0.2) is 6.10 Å². The van der Waals surface area contributed by atoms with Gasteiger partial charge in [-0.15, -0.1) is 0 Å². The molecule has 1 aromatic rings. The Kier molecular flexibility index (Phi) is 4.94. The highest BCUT2D eigenvalue weighted by Gasteiger charge is 2.06. The van der Waals surface area contributed by atoms with E-state index >= 15 is 0 Å². The summed E-state index contributed by atoms with van der Waals surface area (Å²) in [6.45, 7) is 4.36. The van der Waals surface area contributed by atoms with Gasteiger partial charge in [0.25, 0.3) is 0 Å². The van der Waals surface area contributed by atoms with E-state index in [0.717, 1.165) is 12.8 Å². The monoisotopic (exact) mass is 221 g/mol. The van der Waals surface area contributed by atoms with Crippen LogP contribution in [-0.2, 0) is 11.3 Å². The van der Waals surface area contributed by atoms with Crippen LogP contribution < -0.4 is 0 Å². The van der Waals surface area contributed by atoms with E-state index in [2.05, 4.69) is 6.92 Å². The Balaban J connectivity index is 2.66.